The molecule has 1 heterocycles. The van der Waals surface area contributed by atoms with E-state index in [1.807, 2.05) is 13.8 Å². The third-order valence-corrected chi connectivity index (χ3v) is 4.71. The maximum absolute atomic E-state index is 13.0. The number of carbonyl (C=O) groups excluding carboxylic acids is 2. The fraction of sp³-hybridized carbons (Fsp3) is 0.263. The molecular formula is C19H20ClN3O3. The normalized spacial score (nSPS) is 20.2. The Morgan fingerprint density at radius 3 is 2.58 bits per heavy atom. The summed E-state index contributed by atoms with van der Waals surface area (Å²) < 4.78 is 0. The zero-order chi connectivity index (χ0) is 18.9. The average molecular weight is 374 g/mol. The molecule has 1 aliphatic rings. The zero-order valence-corrected chi connectivity index (χ0v) is 15.2. The van der Waals surface area contributed by atoms with Crippen LogP contribution < -0.4 is 15.5 Å². The van der Waals surface area contributed by atoms with E-state index in [2.05, 4.69) is 10.6 Å². The second-order valence-electron chi connectivity index (χ2n) is 6.24. The minimum absolute atomic E-state index is 0.157. The number of halogens is 1. The lowest BCUT2D eigenvalue weighted by molar-refractivity contribution is -0.140. The first-order chi connectivity index (χ1) is 12.4. The number of hydrogen-bond donors (Lipinski definition) is 3. The molecule has 6 nitrogen and oxygen atoms in total. The van der Waals surface area contributed by atoms with Gasteiger partial charge in [0, 0.05) is 22.3 Å². The van der Waals surface area contributed by atoms with Crippen molar-refractivity contribution in [2.24, 2.45) is 0 Å². The van der Waals surface area contributed by atoms with Crippen LogP contribution in [-0.4, -0.2) is 23.1 Å². The number of nitrogens with one attached hydrogen (secondary N) is 2. The maximum atomic E-state index is 13.0. The summed E-state index contributed by atoms with van der Waals surface area (Å²) >= 11 is 5.93. The van der Waals surface area contributed by atoms with Gasteiger partial charge in [0.15, 0.2) is 0 Å². The number of para-hydroxylation sites is 1. The van der Waals surface area contributed by atoms with Crippen LogP contribution in [0.1, 0.15) is 25.8 Å². The van der Waals surface area contributed by atoms with E-state index in [0.717, 1.165) is 4.90 Å². The Morgan fingerprint density at radius 2 is 1.92 bits per heavy atom. The minimum Gasteiger partial charge on any atom is -0.359 e. The van der Waals surface area contributed by atoms with Crippen LogP contribution in [0, 0.1) is 0 Å². The van der Waals surface area contributed by atoms with Gasteiger partial charge in [-0.25, -0.2) is 4.79 Å². The SMILES string of the molecule is CC[C@@H](C)NC(=O)[C@@]1(O)c2ccccc2NC(=O)N1c1ccc(Cl)cc1. The second-order valence-corrected chi connectivity index (χ2v) is 6.68. The second kappa shape index (κ2) is 6.97. The molecule has 0 saturated carbocycles. The van der Waals surface area contributed by atoms with Gasteiger partial charge in [0.1, 0.15) is 0 Å². The van der Waals surface area contributed by atoms with Crippen LogP contribution in [-0.2, 0) is 10.5 Å². The van der Waals surface area contributed by atoms with Crippen LogP contribution in [0.2, 0.25) is 5.02 Å². The maximum Gasteiger partial charge on any atom is 0.329 e. The number of anilines is 2. The summed E-state index contributed by atoms with van der Waals surface area (Å²) in [6.07, 6.45) is 0.691. The highest BCUT2D eigenvalue weighted by Gasteiger charge is 2.52. The number of carbonyl (C=O) groups is 2. The molecule has 136 valence electrons. The molecule has 3 amide bonds. The summed E-state index contributed by atoms with van der Waals surface area (Å²) in [7, 11) is 0. The largest absolute Gasteiger partial charge is 0.359 e. The fourth-order valence-electron chi connectivity index (χ4n) is 2.88. The first-order valence-corrected chi connectivity index (χ1v) is 8.75. The first kappa shape index (κ1) is 18.2. The molecule has 7 heteroatoms. The average Bonchev–Trinajstić information content (AvgIpc) is 2.63. The molecule has 0 aromatic heterocycles. The summed E-state index contributed by atoms with van der Waals surface area (Å²) in [5.41, 5.74) is -1.14. The van der Waals surface area contributed by atoms with Crippen LogP contribution in [0.25, 0.3) is 0 Å². The Morgan fingerprint density at radius 1 is 1.27 bits per heavy atom. The van der Waals surface area contributed by atoms with Crippen molar-refractivity contribution < 1.29 is 14.7 Å². The number of rotatable bonds is 4. The number of amides is 3. The van der Waals surface area contributed by atoms with Gasteiger partial charge in [-0.1, -0.05) is 36.7 Å². The van der Waals surface area contributed by atoms with Gasteiger partial charge in [0.25, 0.3) is 11.6 Å². The Bertz CT molecular complexity index is 840. The van der Waals surface area contributed by atoms with Gasteiger partial charge >= 0.3 is 6.03 Å². The highest BCUT2D eigenvalue weighted by molar-refractivity contribution is 6.30. The van der Waals surface area contributed by atoms with Crippen molar-refractivity contribution >= 4 is 34.9 Å². The fourth-order valence-corrected chi connectivity index (χ4v) is 3.01. The molecule has 0 spiro atoms. The minimum atomic E-state index is -2.18. The topological polar surface area (TPSA) is 81.7 Å². The van der Waals surface area contributed by atoms with Gasteiger partial charge < -0.3 is 15.7 Å². The van der Waals surface area contributed by atoms with E-state index in [1.165, 1.54) is 0 Å². The Kier molecular flexibility index (Phi) is 4.89. The Hall–Kier alpha value is -2.57. The van der Waals surface area contributed by atoms with Crippen molar-refractivity contribution in [3.63, 3.8) is 0 Å². The molecule has 3 N–H and O–H groups in total. The lowest BCUT2D eigenvalue weighted by atomic mass is 9.94. The molecule has 0 aliphatic carbocycles. The van der Waals surface area contributed by atoms with Crippen LogP contribution >= 0.6 is 11.6 Å². The number of fused-ring (bicyclic) bond motifs is 1. The molecule has 1 aliphatic heterocycles. The molecule has 0 radical (unpaired) electrons. The highest BCUT2D eigenvalue weighted by Crippen LogP contribution is 2.40. The van der Waals surface area contributed by atoms with Crippen molar-refractivity contribution in [1.82, 2.24) is 5.32 Å². The van der Waals surface area contributed by atoms with E-state index in [4.69, 9.17) is 11.6 Å². The quantitative estimate of drug-likeness (QED) is 0.767. The van der Waals surface area contributed by atoms with Crippen LogP contribution in [0.15, 0.2) is 48.5 Å². The van der Waals surface area contributed by atoms with Gasteiger partial charge in [-0.15, -0.1) is 0 Å². The molecule has 2 aromatic carbocycles. The first-order valence-electron chi connectivity index (χ1n) is 8.37. The van der Waals surface area contributed by atoms with E-state index < -0.39 is 17.7 Å². The Labute approximate surface area is 156 Å². The molecule has 2 atom stereocenters. The third kappa shape index (κ3) is 3.02. The molecule has 0 fully saturated rings. The third-order valence-electron chi connectivity index (χ3n) is 4.46. The van der Waals surface area contributed by atoms with E-state index in [1.54, 1.807) is 48.5 Å². The zero-order valence-electron chi connectivity index (χ0n) is 14.5. The summed E-state index contributed by atoms with van der Waals surface area (Å²) in [5.74, 6) is -0.663. The number of urea groups is 1. The predicted octanol–water partition coefficient (Wildman–Crippen LogP) is 3.45. The van der Waals surface area contributed by atoms with Crippen LogP contribution in [0.3, 0.4) is 0 Å². The van der Waals surface area contributed by atoms with Crippen molar-refractivity contribution in [3.8, 4) is 0 Å². The van der Waals surface area contributed by atoms with Gasteiger partial charge in [0.2, 0.25) is 0 Å². The number of nitrogens with zero attached hydrogens (tertiary/aromatic N) is 1. The van der Waals surface area contributed by atoms with Crippen molar-refractivity contribution in [2.45, 2.75) is 32.0 Å². The molecule has 0 unspecified atom stereocenters. The molecule has 0 bridgehead atoms. The number of benzene rings is 2. The summed E-state index contributed by atoms with van der Waals surface area (Å²) in [5, 5.41) is 17.5. The molecule has 2 aromatic rings. The van der Waals surface area contributed by atoms with Gasteiger partial charge in [0.05, 0.1) is 5.69 Å². The van der Waals surface area contributed by atoms with E-state index in [9.17, 15) is 14.7 Å². The molecule has 3 rings (SSSR count). The van der Waals surface area contributed by atoms with Crippen LogP contribution in [0.5, 0.6) is 0 Å². The van der Waals surface area contributed by atoms with Gasteiger partial charge in [-0.3, -0.25) is 9.69 Å². The van der Waals surface area contributed by atoms with Gasteiger partial charge in [-0.05, 0) is 43.7 Å². The standard InChI is InChI=1S/C19H20ClN3O3/c1-3-12(2)21-17(24)19(26)15-6-4-5-7-16(15)22-18(25)23(19)14-10-8-13(20)9-11-14/h4-12,26H,3H2,1-2H3,(H,21,24)(H,22,25)/t12-,19+/m1/s1. The number of hydrogen-bond acceptors (Lipinski definition) is 3. The summed E-state index contributed by atoms with van der Waals surface area (Å²) in [4.78, 5) is 26.8. The highest BCUT2D eigenvalue weighted by atomic mass is 35.5. The molecule has 26 heavy (non-hydrogen) atoms. The molecular weight excluding hydrogens is 354 g/mol. The van der Waals surface area contributed by atoms with Gasteiger partial charge in [-0.2, -0.15) is 0 Å². The lowest BCUT2D eigenvalue weighted by Crippen LogP contribution is -2.63. The van der Waals surface area contributed by atoms with E-state index in [-0.39, 0.29) is 6.04 Å². The van der Waals surface area contributed by atoms with Crippen LogP contribution in [0.4, 0.5) is 16.2 Å². The summed E-state index contributed by atoms with van der Waals surface area (Å²) in [6, 6.07) is 12.3. The smallest absolute Gasteiger partial charge is 0.329 e. The summed E-state index contributed by atoms with van der Waals surface area (Å²) in [6.45, 7) is 3.76. The predicted molar refractivity (Wildman–Crippen MR) is 101 cm³/mol. The molecule has 0 saturated heterocycles. The number of aliphatic hydroxyl groups is 1. The lowest BCUT2D eigenvalue weighted by Gasteiger charge is -2.43. The Balaban J connectivity index is 2.16. The van der Waals surface area contributed by atoms with E-state index in [0.29, 0.717) is 28.4 Å². The van der Waals surface area contributed by atoms with Crippen molar-refractivity contribution in [3.05, 3.63) is 59.1 Å². The monoisotopic (exact) mass is 373 g/mol. The van der Waals surface area contributed by atoms with E-state index >= 15 is 0 Å². The van der Waals surface area contributed by atoms with Crippen molar-refractivity contribution in [2.75, 3.05) is 10.2 Å². The van der Waals surface area contributed by atoms with Crippen molar-refractivity contribution in [1.29, 1.82) is 0 Å².